The Morgan fingerprint density at radius 3 is 2.56 bits per heavy atom. The van der Waals surface area contributed by atoms with Crippen LogP contribution in [0.3, 0.4) is 0 Å². The SMILES string of the molecule is CC(C)CNC(=O)CNC(=O)c1ccc(N)nn1. The van der Waals surface area contributed by atoms with E-state index in [1.807, 2.05) is 13.8 Å². The highest BCUT2D eigenvalue weighted by molar-refractivity contribution is 5.94. The number of anilines is 1. The molecule has 0 spiro atoms. The molecule has 7 nitrogen and oxygen atoms in total. The van der Waals surface area contributed by atoms with Gasteiger partial charge in [0.05, 0.1) is 6.54 Å². The molecule has 0 fully saturated rings. The van der Waals surface area contributed by atoms with Crippen molar-refractivity contribution in [3.05, 3.63) is 17.8 Å². The molecule has 0 aliphatic rings. The van der Waals surface area contributed by atoms with Gasteiger partial charge >= 0.3 is 0 Å². The highest BCUT2D eigenvalue weighted by atomic mass is 16.2. The second-order valence-electron chi connectivity index (χ2n) is 4.22. The molecule has 1 aromatic heterocycles. The van der Waals surface area contributed by atoms with Crippen molar-refractivity contribution >= 4 is 17.6 Å². The minimum absolute atomic E-state index is 0.0857. The number of hydrogen-bond donors (Lipinski definition) is 3. The average Bonchev–Trinajstić information content (AvgIpc) is 2.34. The van der Waals surface area contributed by atoms with E-state index in [2.05, 4.69) is 20.8 Å². The van der Waals surface area contributed by atoms with Crippen LogP contribution in [0.2, 0.25) is 0 Å². The first-order valence-corrected chi connectivity index (χ1v) is 5.63. The van der Waals surface area contributed by atoms with Gasteiger partial charge in [-0.05, 0) is 18.1 Å². The number of carbonyl (C=O) groups excluding carboxylic acids is 2. The van der Waals surface area contributed by atoms with Crippen molar-refractivity contribution < 1.29 is 9.59 Å². The number of hydrogen-bond acceptors (Lipinski definition) is 5. The second-order valence-corrected chi connectivity index (χ2v) is 4.22. The Morgan fingerprint density at radius 2 is 2.00 bits per heavy atom. The lowest BCUT2D eigenvalue weighted by molar-refractivity contribution is -0.120. The van der Waals surface area contributed by atoms with E-state index in [9.17, 15) is 9.59 Å². The molecule has 2 amide bonds. The van der Waals surface area contributed by atoms with Crippen LogP contribution in [0, 0.1) is 5.92 Å². The van der Waals surface area contributed by atoms with Gasteiger partial charge in [-0.1, -0.05) is 13.8 Å². The van der Waals surface area contributed by atoms with Gasteiger partial charge in [0.1, 0.15) is 5.82 Å². The van der Waals surface area contributed by atoms with E-state index in [0.717, 1.165) is 0 Å². The van der Waals surface area contributed by atoms with Crippen LogP contribution in [0.25, 0.3) is 0 Å². The number of carbonyl (C=O) groups is 2. The predicted octanol–water partition coefficient (Wildman–Crippen LogP) is -0.439. The Morgan fingerprint density at radius 1 is 1.28 bits per heavy atom. The molecule has 0 unspecified atom stereocenters. The second kappa shape index (κ2) is 6.53. The molecule has 0 saturated heterocycles. The maximum absolute atomic E-state index is 11.6. The Bertz CT molecular complexity index is 416. The first-order valence-electron chi connectivity index (χ1n) is 5.63. The third kappa shape index (κ3) is 4.77. The summed E-state index contributed by atoms with van der Waals surface area (Å²) in [5.41, 5.74) is 5.47. The summed E-state index contributed by atoms with van der Waals surface area (Å²) in [5.74, 6) is -0.0866. The highest BCUT2D eigenvalue weighted by Gasteiger charge is 2.09. The zero-order chi connectivity index (χ0) is 13.5. The third-order valence-corrected chi connectivity index (χ3v) is 2.03. The highest BCUT2D eigenvalue weighted by Crippen LogP contribution is 1.96. The zero-order valence-corrected chi connectivity index (χ0v) is 10.4. The monoisotopic (exact) mass is 251 g/mol. The van der Waals surface area contributed by atoms with Crippen LogP contribution in [0.15, 0.2) is 12.1 Å². The van der Waals surface area contributed by atoms with Crippen molar-refractivity contribution in [1.29, 1.82) is 0 Å². The summed E-state index contributed by atoms with van der Waals surface area (Å²) in [6.45, 7) is 4.47. The first kappa shape index (κ1) is 13.9. The molecule has 0 atom stereocenters. The van der Waals surface area contributed by atoms with E-state index in [-0.39, 0.29) is 24.0 Å². The van der Waals surface area contributed by atoms with E-state index >= 15 is 0 Å². The van der Waals surface area contributed by atoms with Crippen LogP contribution in [0.1, 0.15) is 24.3 Å². The fourth-order valence-corrected chi connectivity index (χ4v) is 1.10. The van der Waals surface area contributed by atoms with E-state index in [1.54, 1.807) is 0 Å². The Labute approximate surface area is 105 Å². The van der Waals surface area contributed by atoms with Crippen LogP contribution in [0.5, 0.6) is 0 Å². The lowest BCUT2D eigenvalue weighted by Crippen LogP contribution is -2.38. The Balaban J connectivity index is 2.37. The van der Waals surface area contributed by atoms with Gasteiger partial charge in [-0.15, -0.1) is 10.2 Å². The number of rotatable bonds is 5. The van der Waals surface area contributed by atoms with Crippen LogP contribution < -0.4 is 16.4 Å². The van der Waals surface area contributed by atoms with Gasteiger partial charge in [-0.3, -0.25) is 9.59 Å². The van der Waals surface area contributed by atoms with E-state index in [4.69, 9.17) is 5.73 Å². The van der Waals surface area contributed by atoms with Gasteiger partial charge < -0.3 is 16.4 Å². The summed E-state index contributed by atoms with van der Waals surface area (Å²) >= 11 is 0. The summed E-state index contributed by atoms with van der Waals surface area (Å²) < 4.78 is 0. The molecule has 0 aliphatic heterocycles. The predicted molar refractivity (Wildman–Crippen MR) is 66.6 cm³/mol. The molecular formula is C11H17N5O2. The number of aromatic nitrogens is 2. The summed E-state index contributed by atoms with van der Waals surface area (Å²) in [4.78, 5) is 22.9. The third-order valence-electron chi connectivity index (χ3n) is 2.03. The van der Waals surface area contributed by atoms with Gasteiger partial charge in [0.2, 0.25) is 5.91 Å². The fourth-order valence-electron chi connectivity index (χ4n) is 1.10. The van der Waals surface area contributed by atoms with Gasteiger partial charge in [0.25, 0.3) is 5.91 Å². The summed E-state index contributed by atoms with van der Waals surface area (Å²) in [6, 6.07) is 2.92. The zero-order valence-electron chi connectivity index (χ0n) is 10.4. The van der Waals surface area contributed by atoms with E-state index in [1.165, 1.54) is 12.1 Å². The fraction of sp³-hybridized carbons (Fsp3) is 0.455. The van der Waals surface area contributed by atoms with E-state index in [0.29, 0.717) is 12.5 Å². The number of nitrogen functional groups attached to an aromatic ring is 1. The molecule has 1 heterocycles. The molecule has 4 N–H and O–H groups in total. The quantitative estimate of drug-likeness (QED) is 0.657. The largest absolute Gasteiger partial charge is 0.382 e. The molecule has 1 aromatic rings. The molecule has 7 heteroatoms. The van der Waals surface area contributed by atoms with Crippen molar-refractivity contribution in [1.82, 2.24) is 20.8 Å². The lowest BCUT2D eigenvalue weighted by atomic mass is 10.2. The van der Waals surface area contributed by atoms with Crippen molar-refractivity contribution in [3.8, 4) is 0 Å². The maximum atomic E-state index is 11.6. The van der Waals surface area contributed by atoms with Crippen LogP contribution in [0.4, 0.5) is 5.82 Å². The molecular weight excluding hydrogens is 234 g/mol. The molecule has 0 bridgehead atoms. The topological polar surface area (TPSA) is 110 Å². The Hall–Kier alpha value is -2.18. The molecule has 0 aromatic carbocycles. The first-order chi connectivity index (χ1) is 8.49. The van der Waals surface area contributed by atoms with Crippen LogP contribution >= 0.6 is 0 Å². The number of nitrogens with zero attached hydrogens (tertiary/aromatic N) is 2. The van der Waals surface area contributed by atoms with Crippen LogP contribution in [-0.4, -0.2) is 35.1 Å². The molecule has 98 valence electrons. The van der Waals surface area contributed by atoms with Gasteiger partial charge in [-0.2, -0.15) is 0 Å². The minimum Gasteiger partial charge on any atom is -0.382 e. The molecule has 0 saturated carbocycles. The molecule has 0 radical (unpaired) electrons. The van der Waals surface area contributed by atoms with Crippen molar-refractivity contribution in [2.75, 3.05) is 18.8 Å². The number of amides is 2. The van der Waals surface area contributed by atoms with E-state index < -0.39 is 5.91 Å². The van der Waals surface area contributed by atoms with Gasteiger partial charge in [0, 0.05) is 6.54 Å². The number of nitrogens with one attached hydrogen (secondary N) is 2. The molecule has 0 aliphatic carbocycles. The molecule has 18 heavy (non-hydrogen) atoms. The van der Waals surface area contributed by atoms with Crippen molar-refractivity contribution in [3.63, 3.8) is 0 Å². The Kier molecular flexibility index (Phi) is 5.04. The summed E-state index contributed by atoms with van der Waals surface area (Å²) in [5, 5.41) is 12.3. The average molecular weight is 251 g/mol. The summed E-state index contributed by atoms with van der Waals surface area (Å²) in [6.07, 6.45) is 0. The van der Waals surface area contributed by atoms with Crippen molar-refractivity contribution in [2.24, 2.45) is 5.92 Å². The maximum Gasteiger partial charge on any atom is 0.272 e. The summed E-state index contributed by atoms with van der Waals surface area (Å²) in [7, 11) is 0. The van der Waals surface area contributed by atoms with Gasteiger partial charge in [-0.25, -0.2) is 0 Å². The van der Waals surface area contributed by atoms with Crippen molar-refractivity contribution in [2.45, 2.75) is 13.8 Å². The lowest BCUT2D eigenvalue weighted by Gasteiger charge is -2.08. The van der Waals surface area contributed by atoms with Gasteiger partial charge in [0.15, 0.2) is 5.69 Å². The van der Waals surface area contributed by atoms with Crippen LogP contribution in [-0.2, 0) is 4.79 Å². The molecule has 1 rings (SSSR count). The minimum atomic E-state index is -0.456. The number of nitrogens with two attached hydrogens (primary N) is 1. The standard InChI is InChI=1S/C11H17N5O2/c1-7(2)5-13-10(17)6-14-11(18)8-3-4-9(12)16-15-8/h3-4,7H,5-6H2,1-2H3,(H2,12,16)(H,13,17)(H,14,18). The smallest absolute Gasteiger partial charge is 0.272 e. The normalized spacial score (nSPS) is 10.2.